The van der Waals surface area contributed by atoms with Gasteiger partial charge in [-0.05, 0) is 45.6 Å². The van der Waals surface area contributed by atoms with Crippen molar-refractivity contribution in [3.8, 4) is 0 Å². The second kappa shape index (κ2) is 7.94. The van der Waals surface area contributed by atoms with E-state index in [9.17, 15) is 9.59 Å². The van der Waals surface area contributed by atoms with Crippen LogP contribution in [-0.4, -0.2) is 42.8 Å². The van der Waals surface area contributed by atoms with Gasteiger partial charge in [0.05, 0.1) is 7.11 Å². The van der Waals surface area contributed by atoms with Gasteiger partial charge in [-0.15, -0.1) is 0 Å². The van der Waals surface area contributed by atoms with Crippen molar-refractivity contribution in [2.75, 3.05) is 13.7 Å². The minimum Gasteiger partial charge on any atom is -0.453 e. The monoisotopic (exact) mass is 269 g/mol. The highest BCUT2D eigenvalue weighted by Crippen LogP contribution is 2.28. The fourth-order valence-corrected chi connectivity index (χ4v) is 2.40. The molecule has 1 amide bonds. The summed E-state index contributed by atoms with van der Waals surface area (Å²) in [5.74, 6) is 0.0449. The lowest BCUT2D eigenvalue weighted by Crippen LogP contribution is -2.42. The number of amides is 1. The molecule has 1 heterocycles. The van der Waals surface area contributed by atoms with Crippen LogP contribution in [0.15, 0.2) is 12.2 Å². The van der Waals surface area contributed by atoms with E-state index in [4.69, 9.17) is 9.47 Å². The summed E-state index contributed by atoms with van der Waals surface area (Å²) in [4.78, 5) is 24.3. The van der Waals surface area contributed by atoms with Crippen LogP contribution in [0.1, 0.15) is 39.5 Å². The van der Waals surface area contributed by atoms with E-state index in [2.05, 4.69) is 0 Å². The minimum atomic E-state index is -0.337. The van der Waals surface area contributed by atoms with Gasteiger partial charge in [-0.1, -0.05) is 6.08 Å². The Morgan fingerprint density at radius 1 is 1.37 bits per heavy atom. The zero-order valence-corrected chi connectivity index (χ0v) is 11.9. The van der Waals surface area contributed by atoms with Gasteiger partial charge in [-0.3, -0.25) is 9.69 Å². The Kier molecular flexibility index (Phi) is 6.56. The lowest BCUT2D eigenvalue weighted by atomic mass is 10.1. The van der Waals surface area contributed by atoms with E-state index >= 15 is 0 Å². The molecule has 0 N–H and O–H groups in total. The molecule has 1 aliphatic rings. The average Bonchev–Trinajstić information content (AvgIpc) is 2.77. The maximum atomic E-state index is 11.8. The normalized spacial score (nSPS) is 23.0. The summed E-state index contributed by atoms with van der Waals surface area (Å²) in [5, 5.41) is 0. The predicted molar refractivity (Wildman–Crippen MR) is 71.7 cm³/mol. The van der Waals surface area contributed by atoms with Gasteiger partial charge in [-0.25, -0.2) is 4.79 Å². The molecule has 1 rings (SSSR count). The van der Waals surface area contributed by atoms with Gasteiger partial charge in [0.15, 0.2) is 5.78 Å². The zero-order valence-electron chi connectivity index (χ0n) is 11.9. The van der Waals surface area contributed by atoms with Crippen LogP contribution in [0.25, 0.3) is 0 Å². The number of carbonyl (C=O) groups excluding carboxylic acids is 2. The van der Waals surface area contributed by atoms with Gasteiger partial charge in [-0.2, -0.15) is 0 Å². The van der Waals surface area contributed by atoms with Crippen molar-refractivity contribution in [1.29, 1.82) is 0 Å². The zero-order chi connectivity index (χ0) is 14.3. The summed E-state index contributed by atoms with van der Waals surface area (Å²) in [6.07, 6.45) is 6.25. The molecule has 0 bridgehead atoms. The van der Waals surface area contributed by atoms with Crippen molar-refractivity contribution >= 4 is 11.9 Å². The molecule has 5 heteroatoms. The van der Waals surface area contributed by atoms with E-state index in [1.807, 2.05) is 13.0 Å². The van der Waals surface area contributed by atoms with E-state index in [0.29, 0.717) is 6.61 Å². The smallest absolute Gasteiger partial charge is 0.411 e. The second-order valence-electron chi connectivity index (χ2n) is 4.61. The quantitative estimate of drug-likeness (QED) is 0.695. The number of nitrogens with zero attached hydrogens (tertiary/aromatic N) is 1. The minimum absolute atomic E-state index is 0.0449. The molecule has 108 valence electrons. The molecule has 2 atom stereocenters. The summed E-state index contributed by atoms with van der Waals surface area (Å²) in [7, 11) is 1.39. The Morgan fingerprint density at radius 2 is 2.11 bits per heavy atom. The van der Waals surface area contributed by atoms with Gasteiger partial charge in [0, 0.05) is 12.6 Å². The number of hydrogen-bond donors (Lipinski definition) is 0. The van der Waals surface area contributed by atoms with Crippen LogP contribution in [0.4, 0.5) is 4.79 Å². The van der Waals surface area contributed by atoms with Crippen LogP contribution in [0.3, 0.4) is 0 Å². The van der Waals surface area contributed by atoms with Crippen LogP contribution >= 0.6 is 0 Å². The maximum absolute atomic E-state index is 11.8. The second-order valence-corrected chi connectivity index (χ2v) is 4.61. The first-order valence-corrected chi connectivity index (χ1v) is 6.75. The number of allylic oxidation sites excluding steroid dienone is 2. The lowest BCUT2D eigenvalue weighted by Gasteiger charge is -2.28. The first-order chi connectivity index (χ1) is 9.10. The Hall–Kier alpha value is -1.36. The van der Waals surface area contributed by atoms with Crippen LogP contribution in [-0.2, 0) is 14.3 Å². The highest BCUT2D eigenvalue weighted by atomic mass is 16.6. The van der Waals surface area contributed by atoms with Crippen LogP contribution < -0.4 is 0 Å². The van der Waals surface area contributed by atoms with Crippen molar-refractivity contribution in [3.63, 3.8) is 0 Å². The summed E-state index contributed by atoms with van der Waals surface area (Å²) >= 11 is 0. The first-order valence-electron chi connectivity index (χ1n) is 6.75. The van der Waals surface area contributed by atoms with Crippen molar-refractivity contribution < 1.29 is 19.1 Å². The molecule has 1 saturated heterocycles. The van der Waals surface area contributed by atoms with Crippen molar-refractivity contribution in [3.05, 3.63) is 12.2 Å². The third-order valence-corrected chi connectivity index (χ3v) is 3.21. The largest absolute Gasteiger partial charge is 0.453 e. The summed E-state index contributed by atoms with van der Waals surface area (Å²) in [5.41, 5.74) is 0. The molecule has 1 fully saturated rings. The molecular weight excluding hydrogens is 246 g/mol. The highest BCUT2D eigenvalue weighted by Gasteiger charge is 2.37. The van der Waals surface area contributed by atoms with Gasteiger partial charge in [0.2, 0.25) is 0 Å². The van der Waals surface area contributed by atoms with Crippen LogP contribution in [0.5, 0.6) is 0 Å². The fraction of sp³-hybridized carbons (Fsp3) is 0.714. The Bertz CT molecular complexity index is 340. The van der Waals surface area contributed by atoms with Gasteiger partial charge in [0.25, 0.3) is 0 Å². The number of likely N-dealkylation sites (tertiary alicyclic amines) is 1. The standard InChI is InChI=1S/C14H23NO4/c1-4-19-13-10-9-12(15(13)14(17)18-3)8-6-5-7-11(2)16/h5,7,12-13H,4,6,8-10H2,1-3H3/b7-5+/t12-,13?/m0/s1. The summed E-state index contributed by atoms with van der Waals surface area (Å²) in [6.45, 7) is 4.02. The molecule has 1 aliphatic heterocycles. The molecular formula is C14H23NO4. The molecule has 19 heavy (non-hydrogen) atoms. The number of hydrogen-bond acceptors (Lipinski definition) is 4. The molecule has 0 saturated carbocycles. The van der Waals surface area contributed by atoms with Crippen molar-refractivity contribution in [1.82, 2.24) is 4.90 Å². The number of ether oxygens (including phenoxy) is 2. The molecule has 5 nitrogen and oxygen atoms in total. The number of rotatable bonds is 6. The molecule has 0 radical (unpaired) electrons. The molecule has 0 aromatic heterocycles. The molecule has 0 aromatic carbocycles. The number of ketones is 1. The molecule has 0 spiro atoms. The number of methoxy groups -OCH3 is 1. The van der Waals surface area contributed by atoms with Gasteiger partial charge >= 0.3 is 6.09 Å². The Labute approximate surface area is 114 Å². The average molecular weight is 269 g/mol. The van der Waals surface area contributed by atoms with E-state index in [0.717, 1.165) is 25.7 Å². The maximum Gasteiger partial charge on any atom is 0.411 e. The highest BCUT2D eigenvalue weighted by molar-refractivity contribution is 5.87. The predicted octanol–water partition coefficient (Wildman–Crippen LogP) is 2.51. The molecule has 1 unspecified atom stereocenters. The van der Waals surface area contributed by atoms with E-state index in [-0.39, 0.29) is 24.1 Å². The van der Waals surface area contributed by atoms with E-state index in [1.54, 1.807) is 11.0 Å². The Balaban J connectivity index is 2.55. The first kappa shape index (κ1) is 15.7. The van der Waals surface area contributed by atoms with Crippen molar-refractivity contribution in [2.24, 2.45) is 0 Å². The third kappa shape index (κ3) is 4.67. The van der Waals surface area contributed by atoms with Crippen LogP contribution in [0.2, 0.25) is 0 Å². The van der Waals surface area contributed by atoms with Crippen LogP contribution in [0, 0.1) is 0 Å². The molecule has 0 aromatic rings. The summed E-state index contributed by atoms with van der Waals surface area (Å²) < 4.78 is 10.4. The number of carbonyl (C=O) groups is 2. The Morgan fingerprint density at radius 3 is 2.68 bits per heavy atom. The topological polar surface area (TPSA) is 55.8 Å². The van der Waals surface area contributed by atoms with Crippen molar-refractivity contribution in [2.45, 2.75) is 51.8 Å². The fourth-order valence-electron chi connectivity index (χ4n) is 2.40. The lowest BCUT2D eigenvalue weighted by molar-refractivity contribution is -0.112. The van der Waals surface area contributed by atoms with E-state index in [1.165, 1.54) is 14.0 Å². The molecule has 0 aliphatic carbocycles. The van der Waals surface area contributed by atoms with Gasteiger partial charge in [0.1, 0.15) is 6.23 Å². The summed E-state index contributed by atoms with van der Waals surface area (Å²) in [6, 6.07) is 0.126. The van der Waals surface area contributed by atoms with Gasteiger partial charge < -0.3 is 9.47 Å². The third-order valence-electron chi connectivity index (χ3n) is 3.21. The SMILES string of the molecule is CCOC1CC[C@H](CC/C=C/C(C)=O)N1C(=O)OC. The van der Waals surface area contributed by atoms with E-state index < -0.39 is 0 Å².